The van der Waals surface area contributed by atoms with Crippen molar-refractivity contribution < 1.29 is 19.0 Å². The van der Waals surface area contributed by atoms with E-state index in [-0.39, 0.29) is 12.7 Å². The van der Waals surface area contributed by atoms with Crippen LogP contribution in [0.15, 0.2) is 53.9 Å². The lowest BCUT2D eigenvalue weighted by atomic mass is 9.77. The number of carbonyl (C=O) groups is 1. The van der Waals surface area contributed by atoms with Crippen molar-refractivity contribution in [1.82, 2.24) is 0 Å². The highest BCUT2D eigenvalue weighted by Crippen LogP contribution is 2.55. The second kappa shape index (κ2) is 5.27. The van der Waals surface area contributed by atoms with Crippen molar-refractivity contribution in [3.05, 3.63) is 69.9 Å². The van der Waals surface area contributed by atoms with Crippen molar-refractivity contribution in [3.8, 4) is 17.2 Å². The number of ether oxygens (including phenoxy) is 3. The molecule has 4 heterocycles. The molecule has 5 nitrogen and oxygen atoms in total. The Morgan fingerprint density at radius 1 is 0.963 bits per heavy atom. The van der Waals surface area contributed by atoms with Gasteiger partial charge < -0.3 is 19.1 Å². The normalized spacial score (nSPS) is 21.5. The van der Waals surface area contributed by atoms with Crippen LogP contribution in [0.5, 0.6) is 17.2 Å². The smallest absolute Gasteiger partial charge is 0.246 e. The summed E-state index contributed by atoms with van der Waals surface area (Å²) >= 11 is 1.66. The number of hydrogen-bond acceptors (Lipinski definition) is 5. The van der Waals surface area contributed by atoms with Gasteiger partial charge in [-0.25, -0.2) is 0 Å². The fraction of sp³-hybridized carbons (Fsp3) is 0.190. The second-order valence-electron chi connectivity index (χ2n) is 6.88. The molecule has 0 aliphatic carbocycles. The minimum absolute atomic E-state index is 0.0507. The molecule has 0 fully saturated rings. The molecule has 1 atom stereocenters. The zero-order valence-electron chi connectivity index (χ0n) is 14.3. The molecule has 1 aromatic heterocycles. The Hall–Kier alpha value is -2.99. The molecule has 1 unspecified atom stereocenters. The number of nitrogens with zero attached hydrogens (tertiary/aromatic N) is 1. The highest BCUT2D eigenvalue weighted by Gasteiger charge is 2.57. The average molecular weight is 377 g/mol. The van der Waals surface area contributed by atoms with Crippen molar-refractivity contribution in [1.29, 1.82) is 0 Å². The monoisotopic (exact) mass is 377 g/mol. The molecule has 0 saturated carbocycles. The number of hydrogen-bond donors (Lipinski definition) is 0. The maximum absolute atomic E-state index is 13.8. The van der Waals surface area contributed by atoms with E-state index in [1.165, 1.54) is 0 Å². The van der Waals surface area contributed by atoms with E-state index in [9.17, 15) is 4.79 Å². The van der Waals surface area contributed by atoms with E-state index in [4.69, 9.17) is 14.2 Å². The van der Waals surface area contributed by atoms with E-state index >= 15 is 0 Å². The van der Waals surface area contributed by atoms with Crippen molar-refractivity contribution in [2.24, 2.45) is 0 Å². The standard InChI is InChI=1S/C21H15NO4S/c23-20-21(11-24-17-9-19-18(8-15(17)21)25-12-26-19)14-5-1-2-6-16(14)22(20)10-13-4-3-7-27-13/h1-9H,10-12H2. The van der Waals surface area contributed by atoms with Gasteiger partial charge in [-0.3, -0.25) is 4.79 Å². The summed E-state index contributed by atoms with van der Waals surface area (Å²) in [6, 6.07) is 15.8. The van der Waals surface area contributed by atoms with Crippen LogP contribution in [0.2, 0.25) is 0 Å². The van der Waals surface area contributed by atoms with E-state index in [1.54, 1.807) is 11.3 Å². The van der Waals surface area contributed by atoms with Gasteiger partial charge in [0.25, 0.3) is 0 Å². The van der Waals surface area contributed by atoms with Crippen LogP contribution in [-0.2, 0) is 16.8 Å². The molecule has 0 bridgehead atoms. The van der Waals surface area contributed by atoms with Gasteiger partial charge in [-0.05, 0) is 29.1 Å². The summed E-state index contributed by atoms with van der Waals surface area (Å²) in [4.78, 5) is 16.8. The van der Waals surface area contributed by atoms with Gasteiger partial charge in [0.05, 0.1) is 6.54 Å². The number of rotatable bonds is 2. The first-order chi connectivity index (χ1) is 13.3. The Kier molecular flexibility index (Phi) is 2.95. The number of benzene rings is 2. The van der Waals surface area contributed by atoms with Crippen LogP contribution in [-0.4, -0.2) is 19.3 Å². The van der Waals surface area contributed by atoms with Crippen LogP contribution in [0, 0.1) is 0 Å². The fourth-order valence-electron chi connectivity index (χ4n) is 4.28. The summed E-state index contributed by atoms with van der Waals surface area (Å²) in [6.45, 7) is 1.05. The predicted molar refractivity (Wildman–Crippen MR) is 101 cm³/mol. The highest BCUT2D eigenvalue weighted by molar-refractivity contribution is 7.09. The number of para-hydroxylation sites is 1. The van der Waals surface area contributed by atoms with Gasteiger partial charge in [0.15, 0.2) is 11.5 Å². The van der Waals surface area contributed by atoms with E-state index in [0.29, 0.717) is 30.4 Å². The molecule has 3 aromatic rings. The van der Waals surface area contributed by atoms with Gasteiger partial charge >= 0.3 is 0 Å². The molecule has 134 valence electrons. The lowest BCUT2D eigenvalue weighted by molar-refractivity contribution is -0.122. The Bertz CT molecular complexity index is 1080. The summed E-state index contributed by atoms with van der Waals surface area (Å²) in [5.41, 5.74) is 1.97. The number of thiophene rings is 1. The van der Waals surface area contributed by atoms with Gasteiger partial charge in [-0.2, -0.15) is 0 Å². The van der Waals surface area contributed by atoms with Gasteiger partial charge in [0.2, 0.25) is 12.7 Å². The Labute approximate surface area is 159 Å². The highest BCUT2D eigenvalue weighted by atomic mass is 32.1. The molecule has 0 radical (unpaired) electrons. The van der Waals surface area contributed by atoms with E-state index in [1.807, 2.05) is 52.7 Å². The van der Waals surface area contributed by atoms with Crippen LogP contribution in [0.1, 0.15) is 16.0 Å². The number of anilines is 1. The van der Waals surface area contributed by atoms with E-state index in [0.717, 1.165) is 21.7 Å². The molecule has 3 aliphatic heterocycles. The summed E-state index contributed by atoms with van der Waals surface area (Å²) < 4.78 is 17.0. The summed E-state index contributed by atoms with van der Waals surface area (Å²) in [7, 11) is 0. The molecule has 6 heteroatoms. The molecule has 2 aromatic carbocycles. The molecule has 27 heavy (non-hydrogen) atoms. The molecular weight excluding hydrogens is 362 g/mol. The van der Waals surface area contributed by atoms with E-state index in [2.05, 4.69) is 6.07 Å². The van der Waals surface area contributed by atoms with Gasteiger partial charge in [0.1, 0.15) is 17.8 Å². The quantitative estimate of drug-likeness (QED) is 0.683. The minimum Gasteiger partial charge on any atom is -0.491 e. The van der Waals surface area contributed by atoms with Gasteiger partial charge in [-0.1, -0.05) is 24.3 Å². The summed E-state index contributed by atoms with van der Waals surface area (Å²) in [5.74, 6) is 2.08. The molecule has 3 aliphatic rings. The fourth-order valence-corrected chi connectivity index (χ4v) is 4.97. The summed E-state index contributed by atoms with van der Waals surface area (Å²) in [5, 5.41) is 2.03. The van der Waals surface area contributed by atoms with Crippen LogP contribution >= 0.6 is 11.3 Å². The van der Waals surface area contributed by atoms with Crippen molar-refractivity contribution >= 4 is 22.9 Å². The largest absolute Gasteiger partial charge is 0.491 e. The molecule has 6 rings (SSSR count). The van der Waals surface area contributed by atoms with Crippen LogP contribution in [0.3, 0.4) is 0 Å². The van der Waals surface area contributed by atoms with Crippen LogP contribution in [0.4, 0.5) is 5.69 Å². The zero-order chi connectivity index (χ0) is 18.0. The average Bonchev–Trinajstić information content (AvgIpc) is 3.46. The third kappa shape index (κ3) is 1.91. The van der Waals surface area contributed by atoms with Crippen LogP contribution in [0.25, 0.3) is 0 Å². The third-order valence-electron chi connectivity index (χ3n) is 5.54. The second-order valence-corrected chi connectivity index (χ2v) is 7.92. The lowest BCUT2D eigenvalue weighted by Crippen LogP contribution is -2.42. The third-order valence-corrected chi connectivity index (χ3v) is 6.40. The number of fused-ring (bicyclic) bond motifs is 5. The first kappa shape index (κ1) is 15.1. The lowest BCUT2D eigenvalue weighted by Gasteiger charge is -2.23. The van der Waals surface area contributed by atoms with Gasteiger partial charge in [-0.15, -0.1) is 11.3 Å². The van der Waals surface area contributed by atoms with Crippen molar-refractivity contribution in [3.63, 3.8) is 0 Å². The maximum atomic E-state index is 13.8. The Morgan fingerprint density at radius 3 is 2.67 bits per heavy atom. The van der Waals surface area contributed by atoms with Crippen molar-refractivity contribution in [2.45, 2.75) is 12.0 Å². The molecular formula is C21H15NO4S. The SMILES string of the molecule is O=C1N(Cc2cccs2)c2ccccc2C12COc1cc3c(cc12)OCO3. The van der Waals surface area contributed by atoms with Crippen LogP contribution < -0.4 is 19.1 Å². The summed E-state index contributed by atoms with van der Waals surface area (Å²) in [6.07, 6.45) is 0. The molecule has 1 spiro atoms. The Morgan fingerprint density at radius 2 is 1.81 bits per heavy atom. The molecule has 1 amide bonds. The van der Waals surface area contributed by atoms with Gasteiger partial charge in [0, 0.05) is 22.2 Å². The Balaban J connectivity index is 1.54. The number of amides is 1. The molecule has 0 saturated heterocycles. The topological polar surface area (TPSA) is 48.0 Å². The first-order valence-corrected chi connectivity index (χ1v) is 9.66. The van der Waals surface area contributed by atoms with E-state index < -0.39 is 5.41 Å². The predicted octanol–water partition coefficient (Wildman–Crippen LogP) is 3.70. The molecule has 0 N–H and O–H groups in total. The maximum Gasteiger partial charge on any atom is 0.246 e. The minimum atomic E-state index is -0.829. The first-order valence-electron chi connectivity index (χ1n) is 8.78. The number of carbonyl (C=O) groups excluding carboxylic acids is 1. The zero-order valence-corrected chi connectivity index (χ0v) is 15.1. The van der Waals surface area contributed by atoms with Crippen molar-refractivity contribution in [2.75, 3.05) is 18.3 Å².